The number of hydrogen-bond acceptors (Lipinski definition) is 6. The van der Waals surface area contributed by atoms with Gasteiger partial charge in [-0.25, -0.2) is 0 Å². The molecule has 0 radical (unpaired) electrons. The molecule has 8 nitrogen and oxygen atoms in total. The first-order chi connectivity index (χ1) is 23.8. The summed E-state index contributed by atoms with van der Waals surface area (Å²) in [5.74, 6) is -0.630. The zero-order valence-corrected chi connectivity index (χ0v) is 29.2. The summed E-state index contributed by atoms with van der Waals surface area (Å²) in [5.41, 5.74) is 5.23. The van der Waals surface area contributed by atoms with Crippen molar-refractivity contribution in [2.45, 2.75) is 90.4 Å². The van der Waals surface area contributed by atoms with Gasteiger partial charge in [-0.3, -0.25) is 19.3 Å². The van der Waals surface area contributed by atoms with Crippen LogP contribution in [0.3, 0.4) is 0 Å². The van der Waals surface area contributed by atoms with Gasteiger partial charge in [0.2, 0.25) is 5.91 Å². The average molecular weight is 661 g/mol. The van der Waals surface area contributed by atoms with E-state index < -0.39 is 11.8 Å². The highest BCUT2D eigenvalue weighted by molar-refractivity contribution is 6.19. The lowest BCUT2D eigenvalue weighted by atomic mass is 9.73. The van der Waals surface area contributed by atoms with E-state index in [1.165, 1.54) is 4.90 Å². The van der Waals surface area contributed by atoms with E-state index in [0.717, 1.165) is 132 Å². The fourth-order valence-corrected chi connectivity index (χ4v) is 9.02. The van der Waals surface area contributed by atoms with Crippen LogP contribution < -0.4 is 15.8 Å². The van der Waals surface area contributed by atoms with E-state index in [1.54, 1.807) is 0 Å². The van der Waals surface area contributed by atoms with E-state index in [4.69, 9.17) is 0 Å². The molecule has 3 heterocycles. The molecule has 2 atom stereocenters. The molecule has 1 N–H and O–H groups in total. The lowest BCUT2D eigenvalue weighted by molar-refractivity contribution is -0.130. The summed E-state index contributed by atoms with van der Waals surface area (Å²) in [7, 11) is 0. The molecule has 3 aromatic carbocycles. The SMILES string of the molecule is CCCCNC(=O)c1ccc2c3c4c5c(ccc4c4c2c1C(C=O)CC=4N1CCC1)C(=O)N(CCCCC(C)C)C(=O)C5CC=3N1CCC1. The van der Waals surface area contributed by atoms with Crippen molar-refractivity contribution >= 4 is 56.9 Å². The number of imide groups is 1. The molecule has 2 fully saturated rings. The van der Waals surface area contributed by atoms with Gasteiger partial charge in [-0.15, -0.1) is 0 Å². The maximum absolute atomic E-state index is 14.4. The number of amides is 3. The number of carbonyl (C=O) groups excluding carboxylic acids is 4. The lowest BCUT2D eigenvalue weighted by Gasteiger charge is -2.43. The van der Waals surface area contributed by atoms with Gasteiger partial charge in [-0.2, -0.15) is 0 Å². The topological polar surface area (TPSA) is 90.0 Å². The van der Waals surface area contributed by atoms with Gasteiger partial charge < -0.3 is 19.9 Å². The summed E-state index contributed by atoms with van der Waals surface area (Å²) in [6.45, 7) is 11.3. The van der Waals surface area contributed by atoms with Crippen molar-refractivity contribution in [1.29, 1.82) is 0 Å². The van der Waals surface area contributed by atoms with Crippen molar-refractivity contribution in [3.05, 3.63) is 57.0 Å². The molecule has 8 rings (SSSR count). The molecule has 49 heavy (non-hydrogen) atoms. The Morgan fingerprint density at radius 1 is 0.878 bits per heavy atom. The Balaban J connectivity index is 1.43. The Labute approximate surface area is 288 Å². The Hall–Kier alpha value is -4.20. The summed E-state index contributed by atoms with van der Waals surface area (Å²) >= 11 is 0. The van der Waals surface area contributed by atoms with Crippen LogP contribution in [0.4, 0.5) is 0 Å². The van der Waals surface area contributed by atoms with Crippen LogP contribution >= 0.6 is 0 Å². The van der Waals surface area contributed by atoms with Crippen LogP contribution in [0.15, 0.2) is 24.3 Å². The Morgan fingerprint density at radius 3 is 2.14 bits per heavy atom. The summed E-state index contributed by atoms with van der Waals surface area (Å²) < 4.78 is 0. The molecule has 8 heteroatoms. The molecular weight excluding hydrogens is 612 g/mol. The van der Waals surface area contributed by atoms with Crippen LogP contribution in [0.2, 0.25) is 0 Å². The maximum atomic E-state index is 14.4. The van der Waals surface area contributed by atoms with Crippen LogP contribution in [0.5, 0.6) is 0 Å². The van der Waals surface area contributed by atoms with Crippen LogP contribution in [-0.2, 0) is 9.59 Å². The van der Waals surface area contributed by atoms with Crippen molar-refractivity contribution in [2.75, 3.05) is 39.3 Å². The molecule has 0 spiro atoms. The molecule has 2 saturated heterocycles. The Bertz CT molecular complexity index is 2040. The normalized spacial score (nSPS) is 21.1. The predicted octanol–water partition coefficient (Wildman–Crippen LogP) is 5.13. The number of benzene rings is 3. The van der Waals surface area contributed by atoms with Gasteiger partial charge in [0.05, 0.1) is 5.92 Å². The first-order valence-electron chi connectivity index (χ1n) is 18.7. The summed E-state index contributed by atoms with van der Waals surface area (Å²) in [6, 6.07) is 8.06. The minimum atomic E-state index is -0.433. The zero-order chi connectivity index (χ0) is 34.0. The predicted molar refractivity (Wildman–Crippen MR) is 193 cm³/mol. The van der Waals surface area contributed by atoms with E-state index in [1.807, 2.05) is 12.1 Å². The third-order valence-corrected chi connectivity index (χ3v) is 11.8. The number of hydrogen-bond donors (Lipinski definition) is 1. The van der Waals surface area contributed by atoms with Crippen molar-refractivity contribution in [3.8, 4) is 0 Å². The monoisotopic (exact) mass is 660 g/mol. The maximum Gasteiger partial charge on any atom is 0.260 e. The van der Waals surface area contributed by atoms with Crippen molar-refractivity contribution in [2.24, 2.45) is 5.92 Å². The second-order valence-electron chi connectivity index (χ2n) is 15.2. The molecular formula is C41H48N4O4. The highest BCUT2D eigenvalue weighted by atomic mass is 16.2. The molecule has 3 aliphatic heterocycles. The van der Waals surface area contributed by atoms with Crippen molar-refractivity contribution in [1.82, 2.24) is 20.0 Å². The van der Waals surface area contributed by atoms with Crippen LogP contribution in [0, 0.1) is 5.92 Å². The molecule has 0 saturated carbocycles. The van der Waals surface area contributed by atoms with Crippen molar-refractivity contribution in [3.63, 3.8) is 0 Å². The van der Waals surface area contributed by atoms with Gasteiger partial charge in [0, 0.05) is 91.0 Å². The summed E-state index contributed by atoms with van der Waals surface area (Å²) in [4.78, 5) is 61.6. The fraction of sp³-hybridized carbons (Fsp3) is 0.512. The number of aldehydes is 1. The van der Waals surface area contributed by atoms with E-state index in [2.05, 4.69) is 48.0 Å². The average Bonchev–Trinajstić information content (AvgIpc) is 3.04. The minimum Gasteiger partial charge on any atom is -0.374 e. The Morgan fingerprint density at radius 2 is 1.53 bits per heavy atom. The van der Waals surface area contributed by atoms with E-state index >= 15 is 0 Å². The molecule has 2 unspecified atom stereocenters. The zero-order valence-electron chi connectivity index (χ0n) is 29.2. The van der Waals surface area contributed by atoms with Gasteiger partial charge in [0.25, 0.3) is 11.8 Å². The van der Waals surface area contributed by atoms with E-state index in [9.17, 15) is 19.2 Å². The number of likely N-dealkylation sites (tertiary alicyclic amines) is 2. The molecule has 0 bridgehead atoms. The highest BCUT2D eigenvalue weighted by Crippen LogP contribution is 2.44. The smallest absolute Gasteiger partial charge is 0.260 e. The number of nitrogens with zero attached hydrogens (tertiary/aromatic N) is 3. The molecule has 5 aliphatic rings. The largest absolute Gasteiger partial charge is 0.374 e. The number of rotatable bonds is 12. The van der Waals surface area contributed by atoms with Gasteiger partial charge in [0.1, 0.15) is 6.29 Å². The third-order valence-electron chi connectivity index (χ3n) is 11.8. The van der Waals surface area contributed by atoms with Crippen LogP contribution in [-0.4, -0.2) is 78.0 Å². The number of fused-ring (bicyclic) bond motifs is 2. The second-order valence-corrected chi connectivity index (χ2v) is 15.2. The Kier molecular flexibility index (Phi) is 8.24. The summed E-state index contributed by atoms with van der Waals surface area (Å²) in [6.07, 6.45) is 9.08. The second kappa shape index (κ2) is 12.6. The molecule has 3 amide bonds. The quantitative estimate of drug-likeness (QED) is 0.125. The first-order valence-corrected chi connectivity index (χ1v) is 18.7. The first kappa shape index (κ1) is 32.0. The van der Waals surface area contributed by atoms with E-state index in [0.29, 0.717) is 43.0 Å². The number of carbonyl (C=O) groups is 4. The van der Waals surface area contributed by atoms with Gasteiger partial charge in [-0.1, -0.05) is 52.2 Å². The third kappa shape index (κ3) is 4.99. The number of nitrogens with one attached hydrogen (secondary N) is 1. The molecule has 3 aromatic rings. The standard InChI is InChI=1S/C41H48N4O4/c1-4-5-15-42-39(47)28-13-11-26-36-32(44-18-9-19-44)22-30-34-29(40(48)45(41(30)49)20-7-6-10-24(2)3)14-12-27(38(34)36)35-31(43-16-8-17-43)21-25(23-46)33(28)37(26)35/h11-14,23-25,30H,4-10,15-22H2,1-3H3,(H,42,47). The number of unbranched alkanes of at least 4 members (excludes halogenated alkanes) is 2. The lowest BCUT2D eigenvalue weighted by Crippen LogP contribution is -2.49. The minimum absolute atomic E-state index is 0.0697. The van der Waals surface area contributed by atoms with Gasteiger partial charge in [-0.05, 0) is 76.4 Å². The summed E-state index contributed by atoms with van der Waals surface area (Å²) in [5, 5.41) is 9.35. The highest BCUT2D eigenvalue weighted by Gasteiger charge is 2.44. The van der Waals surface area contributed by atoms with Crippen molar-refractivity contribution < 1.29 is 19.2 Å². The van der Waals surface area contributed by atoms with Crippen LogP contribution in [0.25, 0.3) is 32.9 Å². The van der Waals surface area contributed by atoms with Gasteiger partial charge in [0.15, 0.2) is 0 Å². The molecule has 256 valence electrons. The molecule has 2 aliphatic carbocycles. The van der Waals surface area contributed by atoms with Crippen LogP contribution in [0.1, 0.15) is 122 Å². The van der Waals surface area contributed by atoms with E-state index in [-0.39, 0.29) is 17.7 Å². The fourth-order valence-electron chi connectivity index (χ4n) is 9.02. The molecule has 0 aromatic heterocycles. The van der Waals surface area contributed by atoms with Gasteiger partial charge >= 0.3 is 0 Å².